The van der Waals surface area contributed by atoms with Gasteiger partial charge in [-0.25, -0.2) is 0 Å². The largest absolute Gasteiger partial charge is 0.454 e. The summed E-state index contributed by atoms with van der Waals surface area (Å²) < 4.78 is 11.5. The molecule has 1 fully saturated rings. The Hall–Kier alpha value is -0.0151. The molecule has 0 aromatic heterocycles. The molecule has 0 aromatic rings. The van der Waals surface area contributed by atoms with Gasteiger partial charge >= 0.3 is 7.12 Å². The van der Waals surface area contributed by atoms with Crippen LogP contribution < -0.4 is 0 Å². The second-order valence-electron chi connectivity index (χ2n) is 5.34. The quantitative estimate of drug-likeness (QED) is 0.583. The maximum absolute atomic E-state index is 5.78. The first-order chi connectivity index (χ1) is 5.82. The lowest BCUT2D eigenvalue weighted by Gasteiger charge is -2.32. The average molecular weight is 184 g/mol. The Morgan fingerprint density at radius 2 is 1.69 bits per heavy atom. The summed E-state index contributed by atoms with van der Waals surface area (Å²) in [4.78, 5) is 0. The highest BCUT2D eigenvalue weighted by atomic mass is 16.7. The van der Waals surface area contributed by atoms with E-state index in [4.69, 9.17) is 9.31 Å². The van der Waals surface area contributed by atoms with Crippen molar-refractivity contribution in [2.24, 2.45) is 11.3 Å². The van der Waals surface area contributed by atoms with E-state index in [1.807, 2.05) is 6.82 Å². The third-order valence-electron chi connectivity index (χ3n) is 2.50. The summed E-state index contributed by atoms with van der Waals surface area (Å²) in [5, 5.41) is 0. The Morgan fingerprint density at radius 1 is 1.15 bits per heavy atom. The normalized spacial score (nSPS) is 30.2. The molecule has 0 amide bonds. The van der Waals surface area contributed by atoms with Crippen LogP contribution >= 0.6 is 0 Å². The van der Waals surface area contributed by atoms with Gasteiger partial charge in [0, 0.05) is 0 Å². The summed E-state index contributed by atoms with van der Waals surface area (Å²) >= 11 is 0. The van der Waals surface area contributed by atoms with Crippen molar-refractivity contribution in [2.45, 2.75) is 53.6 Å². The van der Waals surface area contributed by atoms with Crippen LogP contribution in [0.5, 0.6) is 0 Å². The van der Waals surface area contributed by atoms with Gasteiger partial charge in [-0.15, -0.1) is 0 Å². The van der Waals surface area contributed by atoms with E-state index >= 15 is 0 Å². The van der Waals surface area contributed by atoms with Crippen molar-refractivity contribution >= 4 is 7.12 Å². The summed E-state index contributed by atoms with van der Waals surface area (Å²) in [7, 11) is -0.0448. The molecule has 0 aromatic carbocycles. The van der Waals surface area contributed by atoms with Gasteiger partial charge in [0.15, 0.2) is 0 Å². The molecule has 3 heteroatoms. The third kappa shape index (κ3) is 2.47. The summed E-state index contributed by atoms with van der Waals surface area (Å²) in [5.74, 6) is 0.522. The minimum absolute atomic E-state index is 0.0448. The van der Waals surface area contributed by atoms with E-state index in [9.17, 15) is 0 Å². The van der Waals surface area contributed by atoms with Gasteiger partial charge in [0.25, 0.3) is 0 Å². The maximum Gasteiger partial charge on any atom is 0.454 e. The van der Waals surface area contributed by atoms with Gasteiger partial charge in [-0.3, -0.25) is 0 Å². The molecule has 0 radical (unpaired) electrons. The first-order valence-electron chi connectivity index (χ1n) is 5.13. The lowest BCUT2D eigenvalue weighted by atomic mass is 9.82. The Labute approximate surface area is 82.1 Å². The van der Waals surface area contributed by atoms with Crippen molar-refractivity contribution < 1.29 is 9.31 Å². The van der Waals surface area contributed by atoms with Crippen molar-refractivity contribution in [2.75, 3.05) is 0 Å². The van der Waals surface area contributed by atoms with Crippen LogP contribution in [0.1, 0.15) is 34.6 Å². The minimum atomic E-state index is -0.0448. The number of hydrogen-bond donors (Lipinski definition) is 0. The molecule has 0 spiro atoms. The molecular formula is C10H21BO2. The second kappa shape index (κ2) is 3.62. The van der Waals surface area contributed by atoms with Crippen LogP contribution in [0, 0.1) is 11.3 Å². The van der Waals surface area contributed by atoms with Crippen LogP contribution in [0.25, 0.3) is 0 Å². The summed E-state index contributed by atoms with van der Waals surface area (Å²) in [6.07, 6.45) is 0.470. The molecule has 76 valence electrons. The zero-order valence-corrected chi connectivity index (χ0v) is 9.63. The van der Waals surface area contributed by atoms with Crippen LogP contribution in [-0.4, -0.2) is 19.3 Å². The van der Waals surface area contributed by atoms with Crippen molar-refractivity contribution in [3.63, 3.8) is 0 Å². The van der Waals surface area contributed by atoms with Crippen molar-refractivity contribution in [1.82, 2.24) is 0 Å². The van der Waals surface area contributed by atoms with E-state index in [0.717, 1.165) is 0 Å². The predicted octanol–water partition coefficient (Wildman–Crippen LogP) is 2.59. The summed E-state index contributed by atoms with van der Waals surface area (Å²) in [5.41, 5.74) is 0.166. The molecule has 1 aliphatic heterocycles. The van der Waals surface area contributed by atoms with Crippen LogP contribution in [0.3, 0.4) is 0 Å². The molecule has 2 atom stereocenters. The Kier molecular flexibility index (Phi) is 3.08. The van der Waals surface area contributed by atoms with Gasteiger partial charge in [-0.2, -0.15) is 0 Å². The first kappa shape index (κ1) is 11.1. The fraction of sp³-hybridized carbons (Fsp3) is 1.00. The van der Waals surface area contributed by atoms with Crippen LogP contribution in [-0.2, 0) is 9.31 Å². The fourth-order valence-electron chi connectivity index (χ4n) is 1.81. The molecule has 0 bridgehead atoms. The zero-order chi connectivity index (χ0) is 10.2. The lowest BCUT2D eigenvalue weighted by Crippen LogP contribution is -2.38. The van der Waals surface area contributed by atoms with E-state index < -0.39 is 0 Å². The van der Waals surface area contributed by atoms with Crippen molar-refractivity contribution in [3.8, 4) is 0 Å². The lowest BCUT2D eigenvalue weighted by molar-refractivity contribution is 0.0353. The summed E-state index contributed by atoms with van der Waals surface area (Å²) in [6.45, 7) is 13.0. The molecule has 1 saturated heterocycles. The van der Waals surface area contributed by atoms with Crippen LogP contribution in [0.2, 0.25) is 6.82 Å². The molecule has 1 rings (SSSR count). The highest BCUT2D eigenvalue weighted by Gasteiger charge is 2.44. The van der Waals surface area contributed by atoms with Gasteiger partial charge in [0.05, 0.1) is 12.2 Å². The SMILES string of the molecule is CB1OC(C(C)C)C(C(C)(C)C)O1. The van der Waals surface area contributed by atoms with Crippen LogP contribution in [0.15, 0.2) is 0 Å². The molecule has 2 unspecified atom stereocenters. The summed E-state index contributed by atoms with van der Waals surface area (Å²) in [6, 6.07) is 0. The third-order valence-corrected chi connectivity index (χ3v) is 2.50. The zero-order valence-electron chi connectivity index (χ0n) is 9.63. The van der Waals surface area contributed by atoms with Gasteiger partial charge in [-0.1, -0.05) is 34.6 Å². The highest BCUT2D eigenvalue weighted by Crippen LogP contribution is 2.34. The fourth-order valence-corrected chi connectivity index (χ4v) is 1.81. The smallest absolute Gasteiger partial charge is 0.406 e. The van der Waals surface area contributed by atoms with E-state index in [2.05, 4.69) is 34.6 Å². The number of rotatable bonds is 1. The van der Waals surface area contributed by atoms with Crippen molar-refractivity contribution in [1.29, 1.82) is 0 Å². The molecule has 1 aliphatic rings. The van der Waals surface area contributed by atoms with Crippen molar-refractivity contribution in [3.05, 3.63) is 0 Å². The minimum Gasteiger partial charge on any atom is -0.406 e. The molecule has 2 nitrogen and oxygen atoms in total. The monoisotopic (exact) mass is 184 g/mol. The topological polar surface area (TPSA) is 18.5 Å². The molecule has 13 heavy (non-hydrogen) atoms. The predicted molar refractivity (Wildman–Crippen MR) is 55.7 cm³/mol. The molecular weight excluding hydrogens is 163 g/mol. The van der Waals surface area contributed by atoms with Crippen LogP contribution in [0.4, 0.5) is 0 Å². The Morgan fingerprint density at radius 3 is 2.00 bits per heavy atom. The van der Waals surface area contributed by atoms with E-state index in [1.54, 1.807) is 0 Å². The standard InChI is InChI=1S/C10H21BO2/c1-7(2)8-9(10(3,4)5)13-11(6)12-8/h7-9H,1-6H3. The van der Waals surface area contributed by atoms with Gasteiger partial charge in [0.1, 0.15) is 0 Å². The van der Waals surface area contributed by atoms with E-state index in [-0.39, 0.29) is 24.7 Å². The first-order valence-corrected chi connectivity index (χ1v) is 5.13. The highest BCUT2D eigenvalue weighted by molar-refractivity contribution is 6.43. The van der Waals surface area contributed by atoms with E-state index in [0.29, 0.717) is 5.92 Å². The Balaban J connectivity index is 2.72. The van der Waals surface area contributed by atoms with Gasteiger partial charge in [-0.05, 0) is 18.2 Å². The van der Waals surface area contributed by atoms with Gasteiger partial charge < -0.3 is 9.31 Å². The van der Waals surface area contributed by atoms with E-state index in [1.165, 1.54) is 0 Å². The molecule has 0 N–H and O–H groups in total. The second-order valence-corrected chi connectivity index (χ2v) is 5.34. The van der Waals surface area contributed by atoms with Gasteiger partial charge in [0.2, 0.25) is 0 Å². The number of hydrogen-bond acceptors (Lipinski definition) is 2. The average Bonchev–Trinajstić information content (AvgIpc) is 2.29. The molecule has 0 saturated carbocycles. The maximum atomic E-state index is 5.78. The molecule has 1 heterocycles. The Bertz CT molecular complexity index is 174. The molecule has 0 aliphatic carbocycles.